The summed E-state index contributed by atoms with van der Waals surface area (Å²) in [6.45, 7) is 4.53. The summed E-state index contributed by atoms with van der Waals surface area (Å²) in [5, 5.41) is 3.01. The largest absolute Gasteiger partial charge is 0.468 e. The monoisotopic (exact) mass is 482 g/mol. The lowest BCUT2D eigenvalue weighted by atomic mass is 10.2. The standard InChI is InChI=1S/C24H26N4O5S/c1-16(22(30)25-17-7-9-18(10-8-17)27-11-13-33-14-12-27)34-24-26-20-6-4-3-5-19(20)23(31)28(24)15-21(29)32-2/h3-10,16H,11-15H2,1-2H3,(H,25,30)/t16-/m1/s1. The second-order valence-corrected chi connectivity index (χ2v) is 9.08. The number of thioether (sulfide) groups is 1. The van der Waals surface area contributed by atoms with Crippen LogP contribution in [0, 0.1) is 0 Å². The van der Waals surface area contributed by atoms with Gasteiger partial charge in [-0.15, -0.1) is 0 Å². The normalized spacial score (nSPS) is 14.6. The van der Waals surface area contributed by atoms with E-state index < -0.39 is 11.2 Å². The van der Waals surface area contributed by atoms with Gasteiger partial charge in [0, 0.05) is 24.5 Å². The van der Waals surface area contributed by atoms with Crippen LogP contribution in [0.1, 0.15) is 6.92 Å². The van der Waals surface area contributed by atoms with E-state index in [0.29, 0.717) is 29.8 Å². The molecule has 1 aliphatic heterocycles. The minimum atomic E-state index is -0.573. The van der Waals surface area contributed by atoms with E-state index in [4.69, 9.17) is 9.47 Å². The molecule has 2 aromatic carbocycles. The molecule has 10 heteroatoms. The van der Waals surface area contributed by atoms with E-state index in [1.807, 2.05) is 24.3 Å². The van der Waals surface area contributed by atoms with E-state index in [1.54, 1.807) is 31.2 Å². The lowest BCUT2D eigenvalue weighted by Crippen LogP contribution is -2.36. The predicted octanol–water partition coefficient (Wildman–Crippen LogP) is 2.53. The van der Waals surface area contributed by atoms with Gasteiger partial charge in [0.25, 0.3) is 5.56 Å². The van der Waals surface area contributed by atoms with E-state index in [1.165, 1.54) is 11.7 Å². The molecule has 0 unspecified atom stereocenters. The molecular weight excluding hydrogens is 456 g/mol. The molecule has 1 aliphatic rings. The number of amides is 1. The molecule has 0 saturated carbocycles. The number of anilines is 2. The Kier molecular flexibility index (Phi) is 7.49. The molecule has 1 aromatic heterocycles. The van der Waals surface area contributed by atoms with Crippen LogP contribution in [0.25, 0.3) is 10.9 Å². The summed E-state index contributed by atoms with van der Waals surface area (Å²) in [5.74, 6) is -0.811. The van der Waals surface area contributed by atoms with Crippen molar-refractivity contribution in [1.29, 1.82) is 0 Å². The molecule has 1 atom stereocenters. The number of benzene rings is 2. The van der Waals surface area contributed by atoms with Gasteiger partial charge < -0.3 is 19.7 Å². The molecule has 0 aliphatic carbocycles. The summed E-state index contributed by atoms with van der Waals surface area (Å²) in [6.07, 6.45) is 0. The quantitative estimate of drug-likeness (QED) is 0.311. The van der Waals surface area contributed by atoms with E-state index in [0.717, 1.165) is 30.5 Å². The maximum atomic E-state index is 13.0. The fourth-order valence-electron chi connectivity index (χ4n) is 3.60. The first-order valence-electron chi connectivity index (χ1n) is 10.9. The molecule has 4 rings (SSSR count). The predicted molar refractivity (Wildman–Crippen MR) is 131 cm³/mol. The van der Waals surface area contributed by atoms with Gasteiger partial charge in [-0.2, -0.15) is 0 Å². The number of nitrogens with one attached hydrogen (secondary N) is 1. The van der Waals surface area contributed by atoms with Crippen LogP contribution >= 0.6 is 11.8 Å². The maximum Gasteiger partial charge on any atom is 0.325 e. The number of hydrogen-bond donors (Lipinski definition) is 1. The molecule has 1 saturated heterocycles. The summed E-state index contributed by atoms with van der Waals surface area (Å²) in [4.78, 5) is 44.6. The summed E-state index contributed by atoms with van der Waals surface area (Å²) in [7, 11) is 1.26. The first-order chi connectivity index (χ1) is 16.5. The Hall–Kier alpha value is -3.37. The number of aromatic nitrogens is 2. The number of fused-ring (bicyclic) bond motifs is 1. The molecule has 0 spiro atoms. The van der Waals surface area contributed by atoms with Crippen LogP contribution in [0.15, 0.2) is 58.5 Å². The van der Waals surface area contributed by atoms with Gasteiger partial charge in [0.1, 0.15) is 6.54 Å². The van der Waals surface area contributed by atoms with Gasteiger partial charge in [-0.25, -0.2) is 4.98 Å². The number of methoxy groups -OCH3 is 1. The number of carbonyl (C=O) groups is 2. The topological polar surface area (TPSA) is 103 Å². The molecule has 34 heavy (non-hydrogen) atoms. The van der Waals surface area contributed by atoms with Crippen molar-refractivity contribution in [3.8, 4) is 0 Å². The smallest absolute Gasteiger partial charge is 0.325 e. The third-order valence-electron chi connectivity index (χ3n) is 5.50. The van der Waals surface area contributed by atoms with Gasteiger partial charge in [0.15, 0.2) is 5.16 Å². The summed E-state index contributed by atoms with van der Waals surface area (Å²) in [6, 6.07) is 14.6. The average molecular weight is 483 g/mol. The van der Waals surface area contributed by atoms with E-state index in [-0.39, 0.29) is 23.2 Å². The Bertz CT molecular complexity index is 1240. The molecule has 0 radical (unpaired) electrons. The highest BCUT2D eigenvalue weighted by atomic mass is 32.2. The molecule has 1 amide bonds. The second-order valence-electron chi connectivity index (χ2n) is 7.77. The van der Waals surface area contributed by atoms with Crippen LogP contribution in [-0.2, 0) is 25.6 Å². The zero-order valence-corrected chi connectivity index (χ0v) is 19.8. The van der Waals surface area contributed by atoms with Crippen molar-refractivity contribution in [3.63, 3.8) is 0 Å². The van der Waals surface area contributed by atoms with E-state index >= 15 is 0 Å². The van der Waals surface area contributed by atoms with Crippen molar-refractivity contribution in [2.24, 2.45) is 0 Å². The van der Waals surface area contributed by atoms with Crippen LogP contribution < -0.4 is 15.8 Å². The minimum absolute atomic E-state index is 0.240. The van der Waals surface area contributed by atoms with Gasteiger partial charge in [0.2, 0.25) is 5.91 Å². The molecule has 3 aromatic rings. The van der Waals surface area contributed by atoms with Crippen LogP contribution in [0.2, 0.25) is 0 Å². The van der Waals surface area contributed by atoms with Gasteiger partial charge in [-0.1, -0.05) is 23.9 Å². The minimum Gasteiger partial charge on any atom is -0.468 e. The van der Waals surface area contributed by atoms with Crippen molar-refractivity contribution in [2.45, 2.75) is 23.9 Å². The number of para-hydroxylation sites is 1. The zero-order valence-electron chi connectivity index (χ0n) is 19.0. The number of esters is 1. The number of morpholine rings is 1. The van der Waals surface area contributed by atoms with Crippen LogP contribution in [-0.4, -0.2) is 60.1 Å². The number of ether oxygens (including phenoxy) is 2. The molecule has 178 valence electrons. The van der Waals surface area contributed by atoms with Gasteiger partial charge >= 0.3 is 5.97 Å². The average Bonchev–Trinajstić information content (AvgIpc) is 2.87. The van der Waals surface area contributed by atoms with Gasteiger partial charge in [0.05, 0.1) is 36.5 Å². The number of rotatable bonds is 7. The van der Waals surface area contributed by atoms with Crippen molar-refractivity contribution >= 4 is 45.9 Å². The fourth-order valence-corrected chi connectivity index (χ4v) is 4.51. The van der Waals surface area contributed by atoms with Crippen LogP contribution in [0.3, 0.4) is 0 Å². The third kappa shape index (κ3) is 5.40. The van der Waals surface area contributed by atoms with Gasteiger partial charge in [-0.3, -0.25) is 19.0 Å². The highest BCUT2D eigenvalue weighted by Gasteiger charge is 2.21. The Morgan fingerprint density at radius 1 is 1.15 bits per heavy atom. The Labute approximate surface area is 201 Å². The first-order valence-corrected chi connectivity index (χ1v) is 11.8. The molecule has 1 N–H and O–H groups in total. The number of carbonyl (C=O) groups excluding carboxylic acids is 2. The van der Waals surface area contributed by atoms with Crippen molar-refractivity contribution in [2.75, 3.05) is 43.6 Å². The molecule has 1 fully saturated rings. The Morgan fingerprint density at radius 3 is 2.56 bits per heavy atom. The van der Waals surface area contributed by atoms with Crippen molar-refractivity contribution in [1.82, 2.24) is 9.55 Å². The summed E-state index contributed by atoms with van der Waals surface area (Å²) >= 11 is 1.11. The van der Waals surface area contributed by atoms with Crippen LogP contribution in [0.5, 0.6) is 0 Å². The highest BCUT2D eigenvalue weighted by molar-refractivity contribution is 8.00. The van der Waals surface area contributed by atoms with E-state index in [9.17, 15) is 14.4 Å². The zero-order chi connectivity index (χ0) is 24.1. The Balaban J connectivity index is 1.50. The highest BCUT2D eigenvalue weighted by Crippen LogP contribution is 2.25. The van der Waals surface area contributed by atoms with E-state index in [2.05, 4.69) is 15.2 Å². The molecule has 2 heterocycles. The second kappa shape index (κ2) is 10.7. The maximum absolute atomic E-state index is 13.0. The lowest BCUT2D eigenvalue weighted by molar-refractivity contribution is -0.141. The van der Waals surface area contributed by atoms with Crippen molar-refractivity contribution in [3.05, 3.63) is 58.9 Å². The molecular formula is C24H26N4O5S. The number of nitrogens with zero attached hydrogens (tertiary/aromatic N) is 3. The summed E-state index contributed by atoms with van der Waals surface area (Å²) < 4.78 is 11.4. The Morgan fingerprint density at radius 2 is 1.85 bits per heavy atom. The van der Waals surface area contributed by atoms with Crippen molar-refractivity contribution < 1.29 is 19.1 Å². The first kappa shape index (κ1) is 23.8. The molecule has 9 nitrogen and oxygen atoms in total. The number of hydrogen-bond acceptors (Lipinski definition) is 8. The third-order valence-corrected chi connectivity index (χ3v) is 6.59. The molecule has 0 bridgehead atoms. The summed E-state index contributed by atoms with van der Waals surface area (Å²) in [5.41, 5.74) is 1.90. The lowest BCUT2D eigenvalue weighted by Gasteiger charge is -2.28. The SMILES string of the molecule is COC(=O)Cn1c(S[C@H](C)C(=O)Nc2ccc(N3CCOCC3)cc2)nc2ccccc2c1=O. The van der Waals surface area contributed by atoms with Gasteiger partial charge in [-0.05, 0) is 43.3 Å². The van der Waals surface area contributed by atoms with Crippen LogP contribution in [0.4, 0.5) is 11.4 Å². The fraction of sp³-hybridized carbons (Fsp3) is 0.333.